The molecule has 1 amide bonds. The molecular weight excluding hydrogens is 162 g/mol. The SMILES string of the molecule is O=C1CCCN1C1CCCCCC1. The Balaban J connectivity index is 1.93. The summed E-state index contributed by atoms with van der Waals surface area (Å²) >= 11 is 0. The van der Waals surface area contributed by atoms with Crippen LogP contribution in [0.4, 0.5) is 0 Å². The zero-order valence-corrected chi connectivity index (χ0v) is 8.30. The van der Waals surface area contributed by atoms with Crippen LogP contribution in [0, 0.1) is 0 Å². The Hall–Kier alpha value is -0.530. The van der Waals surface area contributed by atoms with Crippen LogP contribution in [0.1, 0.15) is 51.4 Å². The molecule has 2 nitrogen and oxygen atoms in total. The van der Waals surface area contributed by atoms with E-state index in [9.17, 15) is 4.79 Å². The highest BCUT2D eigenvalue weighted by atomic mass is 16.2. The summed E-state index contributed by atoms with van der Waals surface area (Å²) in [6.07, 6.45) is 9.81. The summed E-state index contributed by atoms with van der Waals surface area (Å²) in [5.41, 5.74) is 0. The van der Waals surface area contributed by atoms with Crippen molar-refractivity contribution in [2.24, 2.45) is 0 Å². The number of rotatable bonds is 1. The third-order valence-electron chi connectivity index (χ3n) is 3.38. The summed E-state index contributed by atoms with van der Waals surface area (Å²) < 4.78 is 0. The van der Waals surface area contributed by atoms with E-state index in [2.05, 4.69) is 4.90 Å². The largest absolute Gasteiger partial charge is 0.340 e. The fourth-order valence-corrected chi connectivity index (χ4v) is 2.62. The number of amides is 1. The van der Waals surface area contributed by atoms with Crippen LogP contribution in [-0.2, 0) is 4.79 Å². The molecule has 1 heterocycles. The Kier molecular flexibility index (Phi) is 2.87. The molecule has 0 bridgehead atoms. The Morgan fingerprint density at radius 3 is 2.23 bits per heavy atom. The molecular formula is C11H19NO. The highest BCUT2D eigenvalue weighted by molar-refractivity contribution is 5.78. The van der Waals surface area contributed by atoms with Crippen LogP contribution < -0.4 is 0 Å². The quantitative estimate of drug-likeness (QED) is 0.568. The number of hydrogen-bond acceptors (Lipinski definition) is 1. The average Bonchev–Trinajstić information content (AvgIpc) is 2.43. The lowest BCUT2D eigenvalue weighted by Gasteiger charge is -2.26. The van der Waals surface area contributed by atoms with Gasteiger partial charge < -0.3 is 4.90 Å². The van der Waals surface area contributed by atoms with Gasteiger partial charge in [-0.3, -0.25) is 4.79 Å². The lowest BCUT2D eigenvalue weighted by atomic mass is 10.1. The van der Waals surface area contributed by atoms with Crippen molar-refractivity contribution in [3.63, 3.8) is 0 Å². The molecule has 74 valence electrons. The summed E-state index contributed by atoms with van der Waals surface area (Å²) in [6, 6.07) is 0.595. The van der Waals surface area contributed by atoms with Gasteiger partial charge in [0.25, 0.3) is 0 Å². The Morgan fingerprint density at radius 2 is 1.69 bits per heavy atom. The van der Waals surface area contributed by atoms with E-state index in [0.717, 1.165) is 19.4 Å². The molecule has 1 aliphatic carbocycles. The fourth-order valence-electron chi connectivity index (χ4n) is 2.62. The van der Waals surface area contributed by atoms with Crippen molar-refractivity contribution < 1.29 is 4.79 Å². The van der Waals surface area contributed by atoms with Crippen LogP contribution in [-0.4, -0.2) is 23.4 Å². The molecule has 0 aromatic heterocycles. The molecule has 0 aromatic carbocycles. The van der Waals surface area contributed by atoms with Crippen molar-refractivity contribution >= 4 is 5.91 Å². The maximum Gasteiger partial charge on any atom is 0.222 e. The van der Waals surface area contributed by atoms with Crippen molar-refractivity contribution in [3.8, 4) is 0 Å². The topological polar surface area (TPSA) is 20.3 Å². The second kappa shape index (κ2) is 4.12. The van der Waals surface area contributed by atoms with E-state index < -0.39 is 0 Å². The summed E-state index contributed by atoms with van der Waals surface area (Å²) in [7, 11) is 0. The minimum atomic E-state index is 0.409. The molecule has 0 radical (unpaired) electrons. The van der Waals surface area contributed by atoms with Crippen molar-refractivity contribution in [3.05, 3.63) is 0 Å². The van der Waals surface area contributed by atoms with Gasteiger partial charge in [0, 0.05) is 19.0 Å². The van der Waals surface area contributed by atoms with Crippen LogP contribution in [0.15, 0.2) is 0 Å². The summed E-state index contributed by atoms with van der Waals surface area (Å²) in [5.74, 6) is 0.409. The van der Waals surface area contributed by atoms with Crippen LogP contribution in [0.2, 0.25) is 0 Å². The van der Waals surface area contributed by atoms with Crippen LogP contribution in [0.3, 0.4) is 0 Å². The first-order valence-corrected chi connectivity index (χ1v) is 5.67. The third-order valence-corrected chi connectivity index (χ3v) is 3.38. The number of hydrogen-bond donors (Lipinski definition) is 0. The van der Waals surface area contributed by atoms with Gasteiger partial charge in [0.15, 0.2) is 0 Å². The molecule has 0 N–H and O–H groups in total. The molecule has 2 aliphatic rings. The molecule has 2 rings (SSSR count). The summed E-state index contributed by atoms with van der Waals surface area (Å²) in [4.78, 5) is 13.7. The highest BCUT2D eigenvalue weighted by Crippen LogP contribution is 2.25. The molecule has 2 fully saturated rings. The lowest BCUT2D eigenvalue weighted by Crippen LogP contribution is -2.35. The van der Waals surface area contributed by atoms with Gasteiger partial charge in [-0.1, -0.05) is 25.7 Å². The van der Waals surface area contributed by atoms with E-state index in [1.165, 1.54) is 38.5 Å². The molecule has 1 saturated carbocycles. The number of nitrogens with zero attached hydrogens (tertiary/aromatic N) is 1. The predicted octanol–water partition coefficient (Wildman–Crippen LogP) is 2.33. The van der Waals surface area contributed by atoms with E-state index in [0.29, 0.717) is 11.9 Å². The highest BCUT2D eigenvalue weighted by Gasteiger charge is 2.27. The van der Waals surface area contributed by atoms with Crippen LogP contribution >= 0.6 is 0 Å². The Morgan fingerprint density at radius 1 is 1.00 bits per heavy atom. The monoisotopic (exact) mass is 181 g/mol. The second-order valence-electron chi connectivity index (χ2n) is 4.34. The summed E-state index contributed by atoms with van der Waals surface area (Å²) in [6.45, 7) is 1.03. The van der Waals surface area contributed by atoms with Crippen molar-refractivity contribution in [2.75, 3.05) is 6.54 Å². The zero-order valence-electron chi connectivity index (χ0n) is 8.30. The standard InChI is InChI=1S/C11H19NO/c13-11-8-5-9-12(11)10-6-3-1-2-4-7-10/h10H,1-9H2. The minimum absolute atomic E-state index is 0.409. The molecule has 13 heavy (non-hydrogen) atoms. The Labute approximate surface area is 80.3 Å². The van der Waals surface area contributed by atoms with Gasteiger partial charge in [-0.25, -0.2) is 0 Å². The average molecular weight is 181 g/mol. The zero-order chi connectivity index (χ0) is 9.10. The number of carbonyl (C=O) groups is 1. The van der Waals surface area contributed by atoms with Gasteiger partial charge in [0.1, 0.15) is 0 Å². The maximum atomic E-state index is 11.5. The van der Waals surface area contributed by atoms with Gasteiger partial charge in [-0.05, 0) is 19.3 Å². The molecule has 0 spiro atoms. The molecule has 1 aliphatic heterocycles. The predicted molar refractivity (Wildman–Crippen MR) is 52.4 cm³/mol. The van der Waals surface area contributed by atoms with E-state index in [-0.39, 0.29) is 0 Å². The molecule has 0 unspecified atom stereocenters. The van der Waals surface area contributed by atoms with E-state index in [4.69, 9.17) is 0 Å². The first kappa shape index (κ1) is 9.04. The van der Waals surface area contributed by atoms with Gasteiger partial charge >= 0.3 is 0 Å². The van der Waals surface area contributed by atoms with E-state index in [1.807, 2.05) is 0 Å². The van der Waals surface area contributed by atoms with Crippen LogP contribution in [0.25, 0.3) is 0 Å². The van der Waals surface area contributed by atoms with Crippen molar-refractivity contribution in [2.45, 2.75) is 57.4 Å². The number of likely N-dealkylation sites (tertiary alicyclic amines) is 1. The molecule has 0 aromatic rings. The van der Waals surface area contributed by atoms with Gasteiger partial charge in [0.05, 0.1) is 0 Å². The summed E-state index contributed by atoms with van der Waals surface area (Å²) in [5, 5.41) is 0. The smallest absolute Gasteiger partial charge is 0.222 e. The molecule has 2 heteroatoms. The van der Waals surface area contributed by atoms with Crippen molar-refractivity contribution in [1.29, 1.82) is 0 Å². The van der Waals surface area contributed by atoms with E-state index >= 15 is 0 Å². The maximum absolute atomic E-state index is 11.5. The first-order valence-electron chi connectivity index (χ1n) is 5.67. The molecule has 0 atom stereocenters. The fraction of sp³-hybridized carbons (Fsp3) is 0.909. The van der Waals surface area contributed by atoms with E-state index in [1.54, 1.807) is 0 Å². The normalized spacial score (nSPS) is 26.5. The second-order valence-corrected chi connectivity index (χ2v) is 4.34. The van der Waals surface area contributed by atoms with Gasteiger partial charge in [-0.2, -0.15) is 0 Å². The minimum Gasteiger partial charge on any atom is -0.340 e. The molecule has 1 saturated heterocycles. The number of carbonyl (C=O) groups excluding carboxylic acids is 1. The lowest BCUT2D eigenvalue weighted by molar-refractivity contribution is -0.129. The van der Waals surface area contributed by atoms with Gasteiger partial charge in [0.2, 0.25) is 5.91 Å². The Bertz CT molecular complexity index is 183. The van der Waals surface area contributed by atoms with Crippen LogP contribution in [0.5, 0.6) is 0 Å². The first-order chi connectivity index (χ1) is 6.38. The third kappa shape index (κ3) is 2.04. The van der Waals surface area contributed by atoms with Gasteiger partial charge in [-0.15, -0.1) is 0 Å². The van der Waals surface area contributed by atoms with Crippen molar-refractivity contribution in [1.82, 2.24) is 4.90 Å².